The zero-order chi connectivity index (χ0) is 13.9. The number of hydrogen-bond acceptors (Lipinski definition) is 2. The summed E-state index contributed by atoms with van der Waals surface area (Å²) in [4.78, 5) is 12.8. The molecule has 2 aromatic rings. The van der Waals surface area contributed by atoms with Gasteiger partial charge in [-0.2, -0.15) is 0 Å². The molecule has 2 nitrogen and oxygen atoms in total. The molecule has 0 spiro atoms. The van der Waals surface area contributed by atoms with E-state index in [-0.39, 0.29) is 5.92 Å². The van der Waals surface area contributed by atoms with Crippen molar-refractivity contribution >= 4 is 16.6 Å². The van der Waals surface area contributed by atoms with Crippen LogP contribution in [0.15, 0.2) is 42.5 Å². The van der Waals surface area contributed by atoms with E-state index in [9.17, 15) is 4.79 Å². The molecule has 0 heterocycles. The van der Waals surface area contributed by atoms with E-state index in [4.69, 9.17) is 5.73 Å². The molecule has 0 aliphatic heterocycles. The third-order valence-electron chi connectivity index (χ3n) is 4.61. The van der Waals surface area contributed by atoms with Crippen LogP contribution in [-0.4, -0.2) is 12.3 Å². The van der Waals surface area contributed by atoms with Crippen LogP contribution in [0.4, 0.5) is 0 Å². The number of rotatable bonds is 3. The SMILES string of the molecule is NCC1CCC(C(=O)c2cccc3ccccc23)CC1. The molecular weight excluding hydrogens is 246 g/mol. The van der Waals surface area contributed by atoms with Gasteiger partial charge >= 0.3 is 0 Å². The van der Waals surface area contributed by atoms with Gasteiger partial charge in [-0.05, 0) is 48.9 Å². The number of carbonyl (C=O) groups is 1. The zero-order valence-corrected chi connectivity index (χ0v) is 11.7. The van der Waals surface area contributed by atoms with Gasteiger partial charge in [-0.15, -0.1) is 0 Å². The number of carbonyl (C=O) groups excluding carboxylic acids is 1. The maximum absolute atomic E-state index is 12.8. The molecule has 0 radical (unpaired) electrons. The Hall–Kier alpha value is -1.67. The van der Waals surface area contributed by atoms with Crippen molar-refractivity contribution in [2.24, 2.45) is 17.6 Å². The largest absolute Gasteiger partial charge is 0.330 e. The van der Waals surface area contributed by atoms with Crippen molar-refractivity contribution in [3.8, 4) is 0 Å². The molecule has 0 saturated heterocycles. The summed E-state index contributed by atoms with van der Waals surface area (Å²) in [6, 6.07) is 14.2. The predicted octanol–water partition coefficient (Wildman–Crippen LogP) is 3.79. The summed E-state index contributed by atoms with van der Waals surface area (Å²) in [5.74, 6) is 1.12. The molecule has 20 heavy (non-hydrogen) atoms. The minimum absolute atomic E-state index is 0.184. The summed E-state index contributed by atoms with van der Waals surface area (Å²) < 4.78 is 0. The van der Waals surface area contributed by atoms with Crippen molar-refractivity contribution in [2.75, 3.05) is 6.54 Å². The molecular formula is C18H21NO. The summed E-state index contributed by atoms with van der Waals surface area (Å²) in [6.45, 7) is 0.759. The lowest BCUT2D eigenvalue weighted by atomic mass is 9.78. The first-order valence-corrected chi connectivity index (χ1v) is 7.51. The highest BCUT2D eigenvalue weighted by atomic mass is 16.1. The van der Waals surface area contributed by atoms with Crippen LogP contribution in [0.25, 0.3) is 10.8 Å². The first-order valence-electron chi connectivity index (χ1n) is 7.51. The highest BCUT2D eigenvalue weighted by Gasteiger charge is 2.27. The van der Waals surface area contributed by atoms with Gasteiger partial charge < -0.3 is 5.73 Å². The topological polar surface area (TPSA) is 43.1 Å². The molecule has 0 atom stereocenters. The smallest absolute Gasteiger partial charge is 0.166 e. The average Bonchev–Trinajstić information content (AvgIpc) is 2.54. The lowest BCUT2D eigenvalue weighted by molar-refractivity contribution is 0.0875. The summed E-state index contributed by atoms with van der Waals surface area (Å²) in [7, 11) is 0. The fraction of sp³-hybridized carbons (Fsp3) is 0.389. The Morgan fingerprint density at radius 3 is 2.45 bits per heavy atom. The zero-order valence-electron chi connectivity index (χ0n) is 11.7. The molecule has 1 aliphatic rings. The van der Waals surface area contributed by atoms with Crippen molar-refractivity contribution in [2.45, 2.75) is 25.7 Å². The fourth-order valence-electron chi connectivity index (χ4n) is 3.32. The minimum Gasteiger partial charge on any atom is -0.330 e. The number of Topliss-reactive ketones (excluding diaryl/α,β-unsaturated/α-hetero) is 1. The second kappa shape index (κ2) is 5.76. The molecule has 0 aromatic heterocycles. The van der Waals surface area contributed by atoms with Crippen LogP contribution in [0.2, 0.25) is 0 Å². The molecule has 0 amide bonds. The molecule has 1 aliphatic carbocycles. The highest BCUT2D eigenvalue weighted by molar-refractivity contribution is 6.09. The number of fused-ring (bicyclic) bond motifs is 1. The number of benzene rings is 2. The molecule has 2 heteroatoms. The van der Waals surface area contributed by atoms with Gasteiger partial charge in [0.15, 0.2) is 5.78 Å². The lowest BCUT2D eigenvalue weighted by Gasteiger charge is -2.27. The van der Waals surface area contributed by atoms with Crippen molar-refractivity contribution in [3.05, 3.63) is 48.0 Å². The molecule has 1 saturated carbocycles. The van der Waals surface area contributed by atoms with E-state index in [1.165, 1.54) is 0 Å². The van der Waals surface area contributed by atoms with E-state index in [1.54, 1.807) is 0 Å². The first kappa shape index (κ1) is 13.3. The van der Waals surface area contributed by atoms with E-state index < -0.39 is 0 Å². The van der Waals surface area contributed by atoms with Gasteiger partial charge in [0.05, 0.1) is 0 Å². The third-order valence-corrected chi connectivity index (χ3v) is 4.61. The van der Waals surface area contributed by atoms with E-state index in [1.807, 2.05) is 30.3 Å². The summed E-state index contributed by atoms with van der Waals surface area (Å²) in [5.41, 5.74) is 6.61. The fourth-order valence-corrected chi connectivity index (χ4v) is 3.32. The molecule has 3 rings (SSSR count). The van der Waals surface area contributed by atoms with Crippen LogP contribution in [-0.2, 0) is 0 Å². The Kier molecular flexibility index (Phi) is 3.83. The Labute approximate surface area is 120 Å². The number of hydrogen-bond donors (Lipinski definition) is 1. The normalized spacial score (nSPS) is 22.9. The quantitative estimate of drug-likeness (QED) is 0.860. The van der Waals surface area contributed by atoms with Crippen molar-refractivity contribution in [1.29, 1.82) is 0 Å². The van der Waals surface area contributed by atoms with Crippen LogP contribution >= 0.6 is 0 Å². The second-order valence-corrected chi connectivity index (χ2v) is 5.84. The lowest BCUT2D eigenvalue weighted by Crippen LogP contribution is -2.25. The Bertz CT molecular complexity index is 606. The monoisotopic (exact) mass is 267 g/mol. The minimum atomic E-state index is 0.184. The Balaban J connectivity index is 1.86. The van der Waals surface area contributed by atoms with Gasteiger partial charge in [-0.3, -0.25) is 4.79 Å². The number of ketones is 1. The van der Waals surface area contributed by atoms with Gasteiger partial charge in [0.25, 0.3) is 0 Å². The maximum Gasteiger partial charge on any atom is 0.166 e. The highest BCUT2D eigenvalue weighted by Crippen LogP contribution is 2.32. The second-order valence-electron chi connectivity index (χ2n) is 5.84. The van der Waals surface area contributed by atoms with Crippen LogP contribution < -0.4 is 5.73 Å². The van der Waals surface area contributed by atoms with Gasteiger partial charge in [0.2, 0.25) is 0 Å². The summed E-state index contributed by atoms with van der Waals surface area (Å²) in [5, 5.41) is 2.23. The van der Waals surface area contributed by atoms with Crippen LogP contribution in [0.5, 0.6) is 0 Å². The van der Waals surface area contributed by atoms with E-state index >= 15 is 0 Å². The van der Waals surface area contributed by atoms with E-state index in [0.717, 1.165) is 48.6 Å². The molecule has 0 bridgehead atoms. The summed E-state index contributed by atoms with van der Waals surface area (Å²) in [6.07, 6.45) is 4.17. The molecule has 1 fully saturated rings. The average molecular weight is 267 g/mol. The Morgan fingerprint density at radius 1 is 1.00 bits per heavy atom. The molecule has 2 aromatic carbocycles. The third kappa shape index (κ3) is 2.48. The van der Waals surface area contributed by atoms with Gasteiger partial charge in [-0.25, -0.2) is 0 Å². The van der Waals surface area contributed by atoms with Crippen LogP contribution in [0.3, 0.4) is 0 Å². The van der Waals surface area contributed by atoms with Crippen molar-refractivity contribution in [1.82, 2.24) is 0 Å². The Morgan fingerprint density at radius 2 is 1.70 bits per heavy atom. The van der Waals surface area contributed by atoms with Crippen LogP contribution in [0.1, 0.15) is 36.0 Å². The van der Waals surface area contributed by atoms with Gasteiger partial charge in [0.1, 0.15) is 0 Å². The summed E-state index contributed by atoms with van der Waals surface area (Å²) >= 11 is 0. The molecule has 2 N–H and O–H groups in total. The maximum atomic E-state index is 12.8. The van der Waals surface area contributed by atoms with E-state index in [0.29, 0.717) is 11.7 Å². The standard InChI is InChI=1S/C18H21NO/c19-12-13-8-10-15(11-9-13)18(20)17-7-3-5-14-4-1-2-6-16(14)17/h1-7,13,15H,8-12,19H2. The van der Waals surface area contributed by atoms with Crippen molar-refractivity contribution < 1.29 is 4.79 Å². The van der Waals surface area contributed by atoms with Gasteiger partial charge in [0, 0.05) is 11.5 Å². The van der Waals surface area contributed by atoms with E-state index in [2.05, 4.69) is 12.1 Å². The number of nitrogens with two attached hydrogens (primary N) is 1. The van der Waals surface area contributed by atoms with Gasteiger partial charge in [-0.1, -0.05) is 42.5 Å². The molecule has 104 valence electrons. The van der Waals surface area contributed by atoms with Crippen LogP contribution in [0, 0.1) is 11.8 Å². The first-order chi connectivity index (χ1) is 9.79. The van der Waals surface area contributed by atoms with Crippen molar-refractivity contribution in [3.63, 3.8) is 0 Å². The molecule has 0 unspecified atom stereocenters. The predicted molar refractivity (Wildman–Crippen MR) is 82.8 cm³/mol.